The van der Waals surface area contributed by atoms with Gasteiger partial charge in [-0.15, -0.1) is 0 Å². The van der Waals surface area contributed by atoms with Crippen molar-refractivity contribution in [1.82, 2.24) is 0 Å². The molecule has 0 saturated heterocycles. The van der Waals surface area contributed by atoms with Gasteiger partial charge in [0.1, 0.15) is 0 Å². The van der Waals surface area contributed by atoms with E-state index in [0.29, 0.717) is 22.1 Å². The van der Waals surface area contributed by atoms with Gasteiger partial charge in [-0.3, -0.25) is 0 Å². The number of rotatable bonds is 6. The predicted molar refractivity (Wildman–Crippen MR) is 118 cm³/mol. The van der Waals surface area contributed by atoms with E-state index in [1.54, 1.807) is 60.7 Å². The first kappa shape index (κ1) is 21.1. The number of carbonyl (C=O) groups excluding carboxylic acids is 2. The van der Waals surface area contributed by atoms with Gasteiger partial charge in [-0.2, -0.15) is 0 Å². The number of carbonyl (C=O) groups is 2. The molecule has 0 spiro atoms. The van der Waals surface area contributed by atoms with Crippen LogP contribution in [-0.2, 0) is 14.3 Å². The normalized spacial score (nSPS) is 14.5. The van der Waals surface area contributed by atoms with Crippen molar-refractivity contribution in [3.05, 3.63) is 94.5 Å². The SMILES string of the molecule is COc1cc(/C=C2/N=C(c3ccco3)OC2=O)ccc1OC(=O)/C=C/c1ccc(Cl)cc1. The second-order valence-corrected chi connectivity index (χ2v) is 6.97. The van der Waals surface area contributed by atoms with Crippen molar-refractivity contribution in [1.29, 1.82) is 0 Å². The zero-order chi connectivity index (χ0) is 22.5. The highest BCUT2D eigenvalue weighted by atomic mass is 35.5. The molecule has 7 nitrogen and oxygen atoms in total. The number of benzene rings is 2. The van der Waals surface area contributed by atoms with Gasteiger partial charge in [0, 0.05) is 11.1 Å². The maximum absolute atomic E-state index is 12.2. The number of methoxy groups -OCH3 is 1. The standard InChI is InChI=1S/C24H16ClNO6/c1-29-21-14-16(13-18-24(28)32-23(26-18)20-3-2-12-30-20)6-10-19(21)31-22(27)11-7-15-4-8-17(25)9-5-15/h2-14H,1H3/b11-7+,18-13+. The smallest absolute Gasteiger partial charge is 0.363 e. The molecule has 4 rings (SSSR count). The van der Waals surface area contributed by atoms with E-state index in [-0.39, 0.29) is 17.3 Å². The molecule has 0 saturated carbocycles. The van der Waals surface area contributed by atoms with Crippen molar-refractivity contribution in [3.63, 3.8) is 0 Å². The molecular weight excluding hydrogens is 434 g/mol. The number of aliphatic imine (C=N–C) groups is 1. The largest absolute Gasteiger partial charge is 0.493 e. The molecular formula is C24H16ClNO6. The molecule has 0 bridgehead atoms. The first-order chi connectivity index (χ1) is 15.5. The summed E-state index contributed by atoms with van der Waals surface area (Å²) in [5, 5.41) is 0.610. The van der Waals surface area contributed by atoms with E-state index in [0.717, 1.165) is 5.56 Å². The molecule has 32 heavy (non-hydrogen) atoms. The molecule has 0 atom stereocenters. The van der Waals surface area contributed by atoms with Crippen LogP contribution in [0.1, 0.15) is 16.9 Å². The molecule has 3 aromatic rings. The van der Waals surface area contributed by atoms with E-state index in [1.165, 1.54) is 25.5 Å². The van der Waals surface area contributed by atoms with Crippen molar-refractivity contribution in [3.8, 4) is 11.5 Å². The summed E-state index contributed by atoms with van der Waals surface area (Å²) in [6.07, 6.45) is 5.91. The Morgan fingerprint density at radius 1 is 1.06 bits per heavy atom. The van der Waals surface area contributed by atoms with Crippen molar-refractivity contribution < 1.29 is 28.2 Å². The van der Waals surface area contributed by atoms with Crippen LogP contribution < -0.4 is 9.47 Å². The van der Waals surface area contributed by atoms with Gasteiger partial charge in [-0.1, -0.05) is 29.8 Å². The summed E-state index contributed by atoms with van der Waals surface area (Å²) in [5.74, 6) is -0.178. The van der Waals surface area contributed by atoms with Gasteiger partial charge in [0.15, 0.2) is 23.0 Å². The quantitative estimate of drug-likeness (QED) is 0.302. The van der Waals surface area contributed by atoms with Crippen LogP contribution in [0.5, 0.6) is 11.5 Å². The molecule has 0 radical (unpaired) electrons. The van der Waals surface area contributed by atoms with Gasteiger partial charge in [0.05, 0.1) is 13.4 Å². The lowest BCUT2D eigenvalue weighted by Gasteiger charge is -2.08. The Kier molecular flexibility index (Phi) is 6.19. The molecule has 0 N–H and O–H groups in total. The lowest BCUT2D eigenvalue weighted by molar-refractivity contribution is -0.130. The third-order valence-corrected chi connectivity index (χ3v) is 4.59. The van der Waals surface area contributed by atoms with Crippen molar-refractivity contribution in [2.75, 3.05) is 7.11 Å². The first-order valence-electron chi connectivity index (χ1n) is 9.42. The molecule has 0 amide bonds. The third kappa shape index (κ3) is 4.96. The summed E-state index contributed by atoms with van der Waals surface area (Å²) in [5.41, 5.74) is 1.52. The molecule has 1 aliphatic rings. The molecule has 1 aliphatic heterocycles. The maximum atomic E-state index is 12.2. The van der Waals surface area contributed by atoms with Gasteiger partial charge in [0.25, 0.3) is 5.90 Å². The van der Waals surface area contributed by atoms with E-state index in [1.807, 2.05) is 0 Å². The number of furan rings is 1. The molecule has 2 aromatic carbocycles. The van der Waals surface area contributed by atoms with Crippen LogP contribution in [0, 0.1) is 0 Å². The number of hydrogen-bond acceptors (Lipinski definition) is 7. The van der Waals surface area contributed by atoms with E-state index in [2.05, 4.69) is 4.99 Å². The average molecular weight is 450 g/mol. The van der Waals surface area contributed by atoms with Crippen molar-refractivity contribution >= 4 is 41.6 Å². The minimum atomic E-state index is -0.599. The number of nitrogens with zero attached hydrogens (tertiary/aromatic N) is 1. The maximum Gasteiger partial charge on any atom is 0.363 e. The van der Waals surface area contributed by atoms with Crippen LogP contribution in [0.2, 0.25) is 5.02 Å². The fourth-order valence-corrected chi connectivity index (χ4v) is 2.94. The summed E-state index contributed by atoms with van der Waals surface area (Å²) in [6.45, 7) is 0. The number of ether oxygens (including phenoxy) is 3. The summed E-state index contributed by atoms with van der Waals surface area (Å²) >= 11 is 5.85. The zero-order valence-corrected chi connectivity index (χ0v) is 17.5. The summed E-state index contributed by atoms with van der Waals surface area (Å²) in [7, 11) is 1.45. The molecule has 0 fully saturated rings. The number of esters is 2. The van der Waals surface area contributed by atoms with Gasteiger partial charge >= 0.3 is 11.9 Å². The van der Waals surface area contributed by atoms with E-state index < -0.39 is 11.9 Å². The number of hydrogen-bond donors (Lipinski definition) is 0. The Hall–Kier alpha value is -4.10. The minimum Gasteiger partial charge on any atom is -0.493 e. The highest BCUT2D eigenvalue weighted by Crippen LogP contribution is 2.30. The lowest BCUT2D eigenvalue weighted by atomic mass is 10.1. The molecule has 0 aliphatic carbocycles. The zero-order valence-electron chi connectivity index (χ0n) is 16.8. The highest BCUT2D eigenvalue weighted by molar-refractivity contribution is 6.30. The number of cyclic esters (lactones) is 1. The summed E-state index contributed by atoms with van der Waals surface area (Å²) in [6, 6.07) is 15.2. The predicted octanol–water partition coefficient (Wildman–Crippen LogP) is 4.90. The van der Waals surface area contributed by atoms with Crippen LogP contribution in [0.25, 0.3) is 12.2 Å². The van der Waals surface area contributed by atoms with E-state index in [4.69, 9.17) is 30.2 Å². The van der Waals surface area contributed by atoms with Crippen LogP contribution in [0.3, 0.4) is 0 Å². The monoisotopic (exact) mass is 449 g/mol. The lowest BCUT2D eigenvalue weighted by Crippen LogP contribution is -2.05. The summed E-state index contributed by atoms with van der Waals surface area (Å²) in [4.78, 5) is 28.4. The average Bonchev–Trinajstić information content (AvgIpc) is 3.45. The topological polar surface area (TPSA) is 87.3 Å². The van der Waals surface area contributed by atoms with Gasteiger partial charge in [0.2, 0.25) is 0 Å². The van der Waals surface area contributed by atoms with Crippen molar-refractivity contribution in [2.24, 2.45) is 4.99 Å². The fourth-order valence-electron chi connectivity index (χ4n) is 2.81. The van der Waals surface area contributed by atoms with Crippen LogP contribution in [0.15, 0.2) is 82.0 Å². The Labute approximate surface area is 188 Å². The molecule has 160 valence electrons. The second kappa shape index (κ2) is 9.36. The fraction of sp³-hybridized carbons (Fsp3) is 0.0417. The summed E-state index contributed by atoms with van der Waals surface area (Å²) < 4.78 is 21.0. The Morgan fingerprint density at radius 2 is 1.84 bits per heavy atom. The van der Waals surface area contributed by atoms with Gasteiger partial charge < -0.3 is 18.6 Å². The Bertz CT molecular complexity index is 1240. The highest BCUT2D eigenvalue weighted by Gasteiger charge is 2.25. The van der Waals surface area contributed by atoms with Crippen molar-refractivity contribution in [2.45, 2.75) is 0 Å². The van der Waals surface area contributed by atoms with Gasteiger partial charge in [-0.05, 0) is 59.7 Å². The second-order valence-electron chi connectivity index (χ2n) is 6.53. The van der Waals surface area contributed by atoms with Crippen LogP contribution in [-0.4, -0.2) is 24.9 Å². The molecule has 2 heterocycles. The van der Waals surface area contributed by atoms with Crippen LogP contribution >= 0.6 is 11.6 Å². The van der Waals surface area contributed by atoms with Crippen LogP contribution in [0.4, 0.5) is 0 Å². The molecule has 8 heteroatoms. The van der Waals surface area contributed by atoms with E-state index >= 15 is 0 Å². The molecule has 0 unspecified atom stereocenters. The van der Waals surface area contributed by atoms with Gasteiger partial charge in [-0.25, -0.2) is 14.6 Å². The minimum absolute atomic E-state index is 0.0937. The number of halogens is 1. The third-order valence-electron chi connectivity index (χ3n) is 4.34. The Morgan fingerprint density at radius 3 is 2.56 bits per heavy atom. The molecule has 1 aromatic heterocycles. The first-order valence-corrected chi connectivity index (χ1v) is 9.79. The Balaban J connectivity index is 1.49. The van der Waals surface area contributed by atoms with E-state index in [9.17, 15) is 9.59 Å².